The summed E-state index contributed by atoms with van der Waals surface area (Å²) in [5, 5.41) is 9.28. The van der Waals surface area contributed by atoms with Crippen molar-refractivity contribution in [2.75, 3.05) is 26.1 Å². The summed E-state index contributed by atoms with van der Waals surface area (Å²) in [6.07, 6.45) is 3.81. The molecule has 0 aliphatic heterocycles. The van der Waals surface area contributed by atoms with Crippen LogP contribution in [-0.2, 0) is 11.4 Å². The van der Waals surface area contributed by atoms with Crippen molar-refractivity contribution in [3.05, 3.63) is 65.7 Å². The summed E-state index contributed by atoms with van der Waals surface area (Å²) in [6, 6.07) is 12.1. The average molecular weight is 466 g/mol. The van der Waals surface area contributed by atoms with Gasteiger partial charge in [0.1, 0.15) is 29.6 Å². The lowest BCUT2D eigenvalue weighted by Crippen LogP contribution is -2.15. The molecule has 1 heterocycles. The Labute approximate surface area is 198 Å². The molecule has 1 fully saturated rings. The number of halogens is 1. The number of carbonyl (C=O) groups is 1. The summed E-state index contributed by atoms with van der Waals surface area (Å²) in [5.41, 5.74) is 2.28. The van der Waals surface area contributed by atoms with Crippen LogP contribution in [0.3, 0.4) is 0 Å². The van der Waals surface area contributed by atoms with Crippen LogP contribution < -0.4 is 14.4 Å². The lowest BCUT2D eigenvalue weighted by atomic mass is 9.91. The zero-order valence-corrected chi connectivity index (χ0v) is 19.5. The molecule has 1 atom stereocenters. The van der Waals surface area contributed by atoms with Gasteiger partial charge in [0.15, 0.2) is 5.82 Å². The number of ether oxygens (including phenoxy) is 2. The highest BCUT2D eigenvalue weighted by atomic mass is 19.1. The maximum absolute atomic E-state index is 14.5. The van der Waals surface area contributed by atoms with E-state index < -0.39 is 11.8 Å². The molecule has 0 amide bonds. The van der Waals surface area contributed by atoms with Crippen molar-refractivity contribution in [2.24, 2.45) is 5.92 Å². The summed E-state index contributed by atoms with van der Waals surface area (Å²) in [5.74, 6) is 0.903. The zero-order chi connectivity index (χ0) is 24.2. The molecule has 4 rings (SSSR count). The third kappa shape index (κ3) is 5.44. The summed E-state index contributed by atoms with van der Waals surface area (Å²) >= 11 is 0. The number of rotatable bonds is 10. The molecule has 0 saturated heterocycles. The van der Waals surface area contributed by atoms with Crippen molar-refractivity contribution >= 4 is 11.8 Å². The first-order valence-corrected chi connectivity index (χ1v) is 11.2. The smallest absolute Gasteiger partial charge is 0.303 e. The van der Waals surface area contributed by atoms with E-state index >= 15 is 0 Å². The van der Waals surface area contributed by atoms with E-state index in [9.17, 15) is 14.3 Å². The molecular formula is C26H28FN3O4. The van der Waals surface area contributed by atoms with Gasteiger partial charge in [0.25, 0.3) is 0 Å². The van der Waals surface area contributed by atoms with E-state index in [1.54, 1.807) is 23.2 Å². The quantitative estimate of drug-likeness (QED) is 0.456. The van der Waals surface area contributed by atoms with Crippen LogP contribution >= 0.6 is 0 Å². The molecule has 178 valence electrons. The van der Waals surface area contributed by atoms with Crippen molar-refractivity contribution in [3.8, 4) is 22.8 Å². The molecule has 0 unspecified atom stereocenters. The molecule has 1 N–H and O–H groups in total. The minimum absolute atomic E-state index is 0.00164. The van der Waals surface area contributed by atoms with Gasteiger partial charge in [-0.05, 0) is 60.6 Å². The molecule has 2 aromatic carbocycles. The molecule has 1 saturated carbocycles. The number of hydrogen-bond acceptors (Lipinski definition) is 6. The highest BCUT2D eigenvalue weighted by molar-refractivity contribution is 5.73. The van der Waals surface area contributed by atoms with Gasteiger partial charge in [-0.25, -0.2) is 9.37 Å². The number of nitrogens with zero attached hydrogens (tertiary/aromatic N) is 3. The number of anilines is 1. The first kappa shape index (κ1) is 23.5. The van der Waals surface area contributed by atoms with Crippen LogP contribution in [-0.4, -0.2) is 42.2 Å². The zero-order valence-electron chi connectivity index (χ0n) is 19.5. The lowest BCUT2D eigenvalue weighted by molar-refractivity contribution is -0.137. The maximum atomic E-state index is 14.5. The third-order valence-electron chi connectivity index (χ3n) is 5.91. The van der Waals surface area contributed by atoms with Crippen molar-refractivity contribution in [2.45, 2.75) is 31.8 Å². The highest BCUT2D eigenvalue weighted by Crippen LogP contribution is 2.45. The summed E-state index contributed by atoms with van der Waals surface area (Å²) in [6.45, 7) is 0.172. The van der Waals surface area contributed by atoms with E-state index in [-0.39, 0.29) is 18.9 Å². The van der Waals surface area contributed by atoms with Gasteiger partial charge in [-0.15, -0.1) is 0 Å². The van der Waals surface area contributed by atoms with Crippen LogP contribution in [0.2, 0.25) is 0 Å². The predicted molar refractivity (Wildman–Crippen MR) is 127 cm³/mol. The number of carboxylic acids is 1. The SMILES string of the molecule is COc1ccc(F)c(-c2ncc(COc3cccc([C@@H](CC(=O)O)C4CC4)c3)nc2N(C)C)c1. The van der Waals surface area contributed by atoms with Gasteiger partial charge in [-0.2, -0.15) is 0 Å². The van der Waals surface area contributed by atoms with Crippen LogP contribution in [0.5, 0.6) is 11.5 Å². The van der Waals surface area contributed by atoms with Gasteiger partial charge in [-0.3, -0.25) is 9.78 Å². The molecular weight excluding hydrogens is 437 g/mol. The molecule has 3 aromatic rings. The van der Waals surface area contributed by atoms with E-state index in [0.717, 1.165) is 18.4 Å². The van der Waals surface area contributed by atoms with E-state index in [1.165, 1.54) is 13.2 Å². The number of benzene rings is 2. The minimum atomic E-state index is -0.790. The second-order valence-electron chi connectivity index (χ2n) is 8.68. The van der Waals surface area contributed by atoms with Gasteiger partial charge in [0, 0.05) is 19.7 Å². The number of aliphatic carboxylic acids is 1. The molecule has 1 aliphatic carbocycles. The third-order valence-corrected chi connectivity index (χ3v) is 5.91. The summed E-state index contributed by atoms with van der Waals surface area (Å²) in [7, 11) is 5.17. The minimum Gasteiger partial charge on any atom is -0.497 e. The molecule has 8 heteroatoms. The van der Waals surface area contributed by atoms with Crippen molar-refractivity contribution in [1.29, 1.82) is 0 Å². The van der Waals surface area contributed by atoms with Crippen molar-refractivity contribution in [1.82, 2.24) is 9.97 Å². The number of methoxy groups -OCH3 is 1. The Morgan fingerprint density at radius 3 is 2.68 bits per heavy atom. The Kier molecular flexibility index (Phi) is 6.95. The topological polar surface area (TPSA) is 84.8 Å². The fourth-order valence-electron chi connectivity index (χ4n) is 4.03. The van der Waals surface area contributed by atoms with Gasteiger partial charge in [0.05, 0.1) is 25.4 Å². The average Bonchev–Trinajstić information content (AvgIpc) is 3.67. The molecule has 0 bridgehead atoms. The first-order chi connectivity index (χ1) is 16.4. The van der Waals surface area contributed by atoms with Crippen LogP contribution in [0.25, 0.3) is 11.3 Å². The number of carboxylic acid groups (broad SMARTS) is 1. The first-order valence-electron chi connectivity index (χ1n) is 11.2. The lowest BCUT2D eigenvalue weighted by Gasteiger charge is -2.18. The van der Waals surface area contributed by atoms with E-state index in [1.807, 2.05) is 38.4 Å². The van der Waals surface area contributed by atoms with E-state index in [4.69, 9.17) is 9.47 Å². The Balaban J connectivity index is 1.54. The highest BCUT2D eigenvalue weighted by Gasteiger charge is 2.33. The van der Waals surface area contributed by atoms with Gasteiger partial charge in [-0.1, -0.05) is 12.1 Å². The summed E-state index contributed by atoms with van der Waals surface area (Å²) in [4.78, 5) is 22.2. The van der Waals surface area contributed by atoms with Crippen LogP contribution in [0.1, 0.15) is 36.4 Å². The van der Waals surface area contributed by atoms with Gasteiger partial charge < -0.3 is 19.5 Å². The predicted octanol–water partition coefficient (Wildman–Crippen LogP) is 4.90. The molecule has 0 spiro atoms. The molecule has 1 aromatic heterocycles. The van der Waals surface area contributed by atoms with Gasteiger partial charge in [0.2, 0.25) is 0 Å². The van der Waals surface area contributed by atoms with E-state index in [2.05, 4.69) is 9.97 Å². The Morgan fingerprint density at radius 1 is 1.21 bits per heavy atom. The number of hydrogen-bond donors (Lipinski definition) is 1. The molecule has 0 radical (unpaired) electrons. The fraction of sp³-hybridized carbons (Fsp3) is 0.346. The normalized spacial score (nSPS) is 13.9. The summed E-state index contributed by atoms with van der Waals surface area (Å²) < 4.78 is 25.7. The Bertz CT molecular complexity index is 1180. The Hall–Kier alpha value is -3.68. The van der Waals surface area contributed by atoms with E-state index in [0.29, 0.717) is 40.2 Å². The van der Waals surface area contributed by atoms with Crippen LogP contribution in [0.15, 0.2) is 48.7 Å². The van der Waals surface area contributed by atoms with Crippen molar-refractivity contribution in [3.63, 3.8) is 0 Å². The largest absolute Gasteiger partial charge is 0.497 e. The standard InChI is InChI=1S/C26H28FN3O4/c1-30(2)26-25(22-12-19(33-3)9-10-23(22)27)28-14-18(29-26)15-34-20-6-4-5-17(11-20)21(13-24(31)32)16-7-8-16/h4-6,9-12,14,16,21H,7-8,13,15H2,1-3H3,(H,31,32)/t21-/m0/s1. The van der Waals surface area contributed by atoms with Crippen LogP contribution in [0, 0.1) is 11.7 Å². The van der Waals surface area contributed by atoms with Gasteiger partial charge >= 0.3 is 5.97 Å². The second-order valence-corrected chi connectivity index (χ2v) is 8.68. The molecule has 1 aliphatic rings. The molecule has 34 heavy (non-hydrogen) atoms. The Morgan fingerprint density at radius 2 is 2.00 bits per heavy atom. The number of aromatic nitrogens is 2. The molecule has 7 nitrogen and oxygen atoms in total. The van der Waals surface area contributed by atoms with Crippen LogP contribution in [0.4, 0.5) is 10.2 Å². The monoisotopic (exact) mass is 465 g/mol. The second kappa shape index (κ2) is 10.1. The van der Waals surface area contributed by atoms with Crippen molar-refractivity contribution < 1.29 is 23.8 Å². The maximum Gasteiger partial charge on any atom is 0.303 e. The fourth-order valence-corrected chi connectivity index (χ4v) is 4.03.